The van der Waals surface area contributed by atoms with Crippen LogP contribution in [0.15, 0.2) is 54.0 Å². The average molecular weight is 572 g/mol. The van der Waals surface area contributed by atoms with E-state index in [1.807, 2.05) is 32.6 Å². The molecule has 2 aromatic carbocycles. The first-order valence-corrected chi connectivity index (χ1v) is 14.0. The third kappa shape index (κ3) is 4.24. The maximum atomic E-state index is 16.2. The lowest BCUT2D eigenvalue weighted by atomic mass is 9.94. The van der Waals surface area contributed by atoms with Gasteiger partial charge in [0.25, 0.3) is 0 Å². The van der Waals surface area contributed by atoms with Crippen molar-refractivity contribution in [2.75, 3.05) is 24.5 Å². The molecule has 216 valence electrons. The molecule has 1 amide bonds. The molecule has 6 rings (SSSR count). The van der Waals surface area contributed by atoms with E-state index in [0.717, 1.165) is 5.56 Å². The number of hydrogen-bond acceptors (Lipinski definition) is 6. The second-order valence-corrected chi connectivity index (χ2v) is 11.1. The number of anilines is 1. The lowest BCUT2D eigenvalue weighted by Gasteiger charge is -2.40. The van der Waals surface area contributed by atoms with Gasteiger partial charge in [0.05, 0.1) is 16.9 Å². The first kappa shape index (κ1) is 27.6. The summed E-state index contributed by atoms with van der Waals surface area (Å²) in [5, 5.41) is 0.346. The fourth-order valence-electron chi connectivity index (χ4n) is 6.11. The Balaban J connectivity index is 1.70. The molecule has 4 heterocycles. The van der Waals surface area contributed by atoms with E-state index in [4.69, 9.17) is 4.74 Å². The molecule has 0 radical (unpaired) electrons. The van der Waals surface area contributed by atoms with E-state index in [2.05, 4.69) is 16.5 Å². The number of aromatic nitrogens is 3. The van der Waals surface area contributed by atoms with Crippen LogP contribution >= 0.6 is 0 Å². The third-order valence-corrected chi connectivity index (χ3v) is 8.10. The highest BCUT2D eigenvalue weighted by Gasteiger charge is 2.34. The van der Waals surface area contributed by atoms with Gasteiger partial charge in [0.15, 0.2) is 5.75 Å². The van der Waals surface area contributed by atoms with Gasteiger partial charge in [-0.1, -0.05) is 32.6 Å². The second kappa shape index (κ2) is 10.3. The Bertz CT molecular complexity index is 1830. The van der Waals surface area contributed by atoms with E-state index in [0.29, 0.717) is 47.5 Å². The Morgan fingerprint density at radius 2 is 1.95 bits per heavy atom. The van der Waals surface area contributed by atoms with E-state index in [-0.39, 0.29) is 47.2 Å². The highest BCUT2D eigenvalue weighted by atomic mass is 19.1. The lowest BCUT2D eigenvalue weighted by Crippen LogP contribution is -2.54. The summed E-state index contributed by atoms with van der Waals surface area (Å²) in [7, 11) is 0. The molecule has 2 aromatic heterocycles. The fourth-order valence-corrected chi connectivity index (χ4v) is 6.11. The predicted octanol–water partition coefficient (Wildman–Crippen LogP) is 5.27. The van der Waals surface area contributed by atoms with Crippen LogP contribution in [0.25, 0.3) is 27.7 Å². The summed E-state index contributed by atoms with van der Waals surface area (Å²) in [4.78, 5) is 39.1. The zero-order chi connectivity index (χ0) is 29.9. The number of rotatable bonds is 4. The number of piperazine rings is 1. The summed E-state index contributed by atoms with van der Waals surface area (Å²) in [6.07, 6.45) is 2.96. The summed E-state index contributed by atoms with van der Waals surface area (Å²) >= 11 is 0. The van der Waals surface area contributed by atoms with Gasteiger partial charge in [0.2, 0.25) is 5.91 Å². The molecule has 1 atom stereocenters. The highest BCUT2D eigenvalue weighted by molar-refractivity contribution is 6.01. The molecule has 8 nitrogen and oxygen atoms in total. The number of hydrogen-bond donors (Lipinski definition) is 0. The zero-order valence-electron chi connectivity index (χ0n) is 23.9. The summed E-state index contributed by atoms with van der Waals surface area (Å²) in [6, 6.07) is 7.42. The summed E-state index contributed by atoms with van der Waals surface area (Å²) in [5.74, 6) is -1.13. The average Bonchev–Trinajstić information content (AvgIpc) is 2.97. The van der Waals surface area contributed by atoms with E-state index >= 15 is 8.78 Å². The minimum atomic E-state index is -0.683. The van der Waals surface area contributed by atoms with Crippen LogP contribution in [0.1, 0.15) is 43.5 Å². The number of halogens is 2. The Hall–Kier alpha value is -4.60. The van der Waals surface area contributed by atoms with Crippen molar-refractivity contribution in [1.29, 1.82) is 0 Å². The number of aryl methyl sites for hydroxylation is 1. The van der Waals surface area contributed by atoms with Crippen LogP contribution < -0.4 is 15.3 Å². The number of fused-ring (bicyclic) bond motifs is 5. The lowest BCUT2D eigenvalue weighted by molar-refractivity contribution is -0.126. The smallest absolute Gasteiger partial charge is 0.354 e. The molecular formula is C32H31F2N5O3. The molecule has 4 aromatic rings. The number of amides is 1. The first-order chi connectivity index (χ1) is 20.1. The number of nitrogens with zero attached hydrogens (tertiary/aromatic N) is 5. The van der Waals surface area contributed by atoms with E-state index in [1.54, 1.807) is 29.3 Å². The molecule has 0 spiro atoms. The Labute approximate surface area is 241 Å². The summed E-state index contributed by atoms with van der Waals surface area (Å²) in [5.41, 5.74) is 2.28. The minimum Gasteiger partial charge on any atom is -0.486 e. The van der Waals surface area contributed by atoms with Crippen molar-refractivity contribution in [2.24, 2.45) is 0 Å². The van der Waals surface area contributed by atoms with Crippen LogP contribution in [0, 0.1) is 18.6 Å². The number of ether oxygens (including phenoxy) is 1. The van der Waals surface area contributed by atoms with Gasteiger partial charge in [0.1, 0.15) is 29.6 Å². The molecule has 2 aliphatic heterocycles. The Morgan fingerprint density at radius 1 is 1.17 bits per heavy atom. The minimum absolute atomic E-state index is 0.00624. The van der Waals surface area contributed by atoms with Crippen LogP contribution in [0.2, 0.25) is 0 Å². The normalized spacial score (nSPS) is 16.3. The van der Waals surface area contributed by atoms with Gasteiger partial charge in [-0.2, -0.15) is 4.98 Å². The Morgan fingerprint density at radius 3 is 2.67 bits per heavy atom. The van der Waals surface area contributed by atoms with Gasteiger partial charge < -0.3 is 14.5 Å². The molecular weight excluding hydrogens is 540 g/mol. The van der Waals surface area contributed by atoms with Gasteiger partial charge in [-0.15, -0.1) is 0 Å². The van der Waals surface area contributed by atoms with Crippen molar-refractivity contribution < 1.29 is 18.3 Å². The maximum absolute atomic E-state index is 16.2. The molecule has 0 aliphatic carbocycles. The van der Waals surface area contributed by atoms with Crippen LogP contribution in [-0.2, 0) is 11.4 Å². The Kier molecular flexibility index (Phi) is 6.79. The number of benzene rings is 2. The molecule has 0 bridgehead atoms. The van der Waals surface area contributed by atoms with Gasteiger partial charge in [-0.05, 0) is 49.6 Å². The third-order valence-electron chi connectivity index (χ3n) is 8.10. The van der Waals surface area contributed by atoms with Crippen LogP contribution in [-0.4, -0.2) is 51.0 Å². The van der Waals surface area contributed by atoms with E-state index in [1.165, 1.54) is 22.8 Å². The molecule has 0 N–H and O–H groups in total. The quantitative estimate of drug-likeness (QED) is 0.311. The van der Waals surface area contributed by atoms with Crippen LogP contribution in [0.3, 0.4) is 0 Å². The SMILES string of the molecule is C=CC(=O)N1CCN(c2nc(=O)n(-c3c(C)ccnc3C(C)C)c3c4c(c(F)cc23)-c2c(F)cccc2CO4)[C@@H](C)C1. The monoisotopic (exact) mass is 571 g/mol. The second-order valence-electron chi connectivity index (χ2n) is 11.1. The van der Waals surface area contributed by atoms with Gasteiger partial charge in [-0.3, -0.25) is 14.3 Å². The van der Waals surface area contributed by atoms with E-state index in [9.17, 15) is 9.59 Å². The standard InChI is InChI=1S/C32H31F2N5O3/c1-6-24(40)37-12-13-38(19(5)15-37)31-21-14-23(34)26-25-20(8-7-9-22(25)33)16-42-30(26)29(21)39(32(41)36-31)28-18(4)10-11-35-27(28)17(2)3/h6-11,14,17,19H,1,12-13,15-16H2,2-5H3/t19-/m0/s1. The molecule has 1 saturated heterocycles. The topological polar surface area (TPSA) is 80.6 Å². The van der Waals surface area contributed by atoms with Crippen molar-refractivity contribution in [3.63, 3.8) is 0 Å². The molecule has 0 saturated carbocycles. The first-order valence-electron chi connectivity index (χ1n) is 14.0. The highest BCUT2D eigenvalue weighted by Crippen LogP contribution is 2.47. The van der Waals surface area contributed by atoms with Gasteiger partial charge in [0, 0.05) is 48.4 Å². The van der Waals surface area contributed by atoms with E-state index < -0.39 is 17.3 Å². The van der Waals surface area contributed by atoms with Crippen molar-refractivity contribution in [3.8, 4) is 22.6 Å². The number of carbonyl (C=O) groups is 1. The molecule has 10 heteroatoms. The van der Waals surface area contributed by atoms with Crippen LogP contribution in [0.4, 0.5) is 14.6 Å². The molecule has 1 fully saturated rings. The predicted molar refractivity (Wildman–Crippen MR) is 157 cm³/mol. The maximum Gasteiger partial charge on any atom is 0.354 e. The van der Waals surface area contributed by atoms with Crippen LogP contribution in [0.5, 0.6) is 5.75 Å². The fraction of sp³-hybridized carbons (Fsp3) is 0.312. The van der Waals surface area contributed by atoms with Gasteiger partial charge in [-0.25, -0.2) is 13.6 Å². The van der Waals surface area contributed by atoms with Gasteiger partial charge >= 0.3 is 5.69 Å². The zero-order valence-corrected chi connectivity index (χ0v) is 23.9. The number of carbonyl (C=O) groups excluding carboxylic acids is 1. The molecule has 42 heavy (non-hydrogen) atoms. The van der Waals surface area contributed by atoms with Crippen molar-refractivity contribution in [2.45, 2.75) is 46.3 Å². The van der Waals surface area contributed by atoms with Crippen molar-refractivity contribution in [1.82, 2.24) is 19.4 Å². The summed E-state index contributed by atoms with van der Waals surface area (Å²) in [6.45, 7) is 12.4. The van der Waals surface area contributed by atoms with Crippen molar-refractivity contribution >= 4 is 22.6 Å². The molecule has 0 unspecified atom stereocenters. The number of pyridine rings is 1. The molecule has 2 aliphatic rings. The van der Waals surface area contributed by atoms with Crippen molar-refractivity contribution in [3.05, 3.63) is 88.1 Å². The summed E-state index contributed by atoms with van der Waals surface area (Å²) < 4.78 is 39.1. The largest absolute Gasteiger partial charge is 0.486 e.